The Kier molecular flexibility index (Phi) is 1.29. The van der Waals surface area contributed by atoms with E-state index in [1.54, 1.807) is 6.33 Å². The standard InChI is InChI=1S/C6H12N3/c1-9(2,3)6-4-7-5-8-6/h4-5H,1-3H3,(H,7,8)/q+1. The molecule has 0 aliphatic rings. The lowest BCUT2D eigenvalue weighted by Gasteiger charge is -2.19. The summed E-state index contributed by atoms with van der Waals surface area (Å²) in [6.07, 6.45) is 3.53. The summed E-state index contributed by atoms with van der Waals surface area (Å²) in [4.78, 5) is 6.96. The molecule has 1 N–H and O–H groups in total. The van der Waals surface area contributed by atoms with Crippen LogP contribution in [-0.2, 0) is 0 Å². The number of imidazole rings is 1. The molecule has 0 radical (unpaired) electrons. The zero-order valence-electron chi connectivity index (χ0n) is 6.05. The normalized spacial score (nSPS) is 11.9. The fraction of sp³-hybridized carbons (Fsp3) is 0.500. The van der Waals surface area contributed by atoms with Crippen LogP contribution in [0.15, 0.2) is 12.5 Å². The molecule has 0 aliphatic carbocycles. The van der Waals surface area contributed by atoms with E-state index in [1.807, 2.05) is 6.20 Å². The van der Waals surface area contributed by atoms with Gasteiger partial charge in [0.25, 0.3) is 0 Å². The second-order valence-electron chi connectivity index (χ2n) is 2.95. The molecule has 0 spiro atoms. The van der Waals surface area contributed by atoms with Crippen molar-refractivity contribution >= 4 is 5.82 Å². The zero-order valence-corrected chi connectivity index (χ0v) is 6.05. The highest BCUT2D eigenvalue weighted by molar-refractivity contribution is 5.27. The smallest absolute Gasteiger partial charge is 0.224 e. The summed E-state index contributed by atoms with van der Waals surface area (Å²) in [6.45, 7) is 0. The van der Waals surface area contributed by atoms with Gasteiger partial charge in [-0.05, 0) is 0 Å². The molecule has 50 valence electrons. The van der Waals surface area contributed by atoms with Crippen molar-refractivity contribution in [3.63, 3.8) is 0 Å². The molecule has 1 heterocycles. The third-order valence-corrected chi connectivity index (χ3v) is 1.21. The number of hydrogen-bond donors (Lipinski definition) is 1. The lowest BCUT2D eigenvalue weighted by Crippen LogP contribution is -2.34. The third kappa shape index (κ3) is 1.29. The summed E-state index contributed by atoms with van der Waals surface area (Å²) in [5, 5.41) is 0. The van der Waals surface area contributed by atoms with Gasteiger partial charge in [0.1, 0.15) is 6.20 Å². The van der Waals surface area contributed by atoms with Gasteiger partial charge < -0.3 is 4.98 Å². The van der Waals surface area contributed by atoms with E-state index in [2.05, 4.69) is 31.1 Å². The Hall–Kier alpha value is -0.830. The van der Waals surface area contributed by atoms with Gasteiger partial charge >= 0.3 is 0 Å². The molecule has 1 rings (SSSR count). The fourth-order valence-corrected chi connectivity index (χ4v) is 0.615. The first-order chi connectivity index (χ1) is 4.11. The number of aromatic amines is 1. The number of nitrogens with zero attached hydrogens (tertiary/aromatic N) is 2. The first-order valence-electron chi connectivity index (χ1n) is 2.91. The Morgan fingerprint density at radius 3 is 2.33 bits per heavy atom. The predicted molar refractivity (Wildman–Crippen MR) is 38.2 cm³/mol. The summed E-state index contributed by atoms with van der Waals surface area (Å²) < 4.78 is 0.792. The lowest BCUT2D eigenvalue weighted by molar-refractivity contribution is 0.475. The van der Waals surface area contributed by atoms with Gasteiger partial charge in [-0.1, -0.05) is 0 Å². The van der Waals surface area contributed by atoms with Gasteiger partial charge in [-0.15, -0.1) is 0 Å². The number of hydrogen-bond acceptors (Lipinski definition) is 1. The molecular weight excluding hydrogens is 114 g/mol. The second kappa shape index (κ2) is 1.84. The first kappa shape index (κ1) is 6.29. The molecule has 0 aromatic carbocycles. The van der Waals surface area contributed by atoms with Crippen LogP contribution in [0.25, 0.3) is 0 Å². The van der Waals surface area contributed by atoms with E-state index in [9.17, 15) is 0 Å². The van der Waals surface area contributed by atoms with Gasteiger partial charge in [0.15, 0.2) is 0 Å². The molecule has 0 bridgehead atoms. The van der Waals surface area contributed by atoms with Crippen molar-refractivity contribution in [3.8, 4) is 0 Å². The van der Waals surface area contributed by atoms with Crippen LogP contribution >= 0.6 is 0 Å². The van der Waals surface area contributed by atoms with E-state index >= 15 is 0 Å². The van der Waals surface area contributed by atoms with Crippen LogP contribution in [0.4, 0.5) is 5.82 Å². The Morgan fingerprint density at radius 2 is 2.11 bits per heavy atom. The molecule has 0 fully saturated rings. The van der Waals surface area contributed by atoms with Crippen LogP contribution in [0.3, 0.4) is 0 Å². The maximum atomic E-state index is 3.92. The number of rotatable bonds is 1. The van der Waals surface area contributed by atoms with Crippen molar-refractivity contribution in [3.05, 3.63) is 12.5 Å². The van der Waals surface area contributed by atoms with Gasteiger partial charge in [0, 0.05) is 0 Å². The molecule has 1 aromatic heterocycles. The molecule has 3 nitrogen and oxygen atoms in total. The Balaban J connectivity index is 2.90. The number of nitrogens with one attached hydrogen (secondary N) is 1. The van der Waals surface area contributed by atoms with Crippen LogP contribution in [0.1, 0.15) is 0 Å². The Morgan fingerprint density at radius 1 is 1.44 bits per heavy atom. The fourth-order valence-electron chi connectivity index (χ4n) is 0.615. The van der Waals surface area contributed by atoms with E-state index in [-0.39, 0.29) is 0 Å². The minimum absolute atomic E-state index is 0.792. The first-order valence-corrected chi connectivity index (χ1v) is 2.91. The molecule has 0 atom stereocenters. The molecule has 0 saturated carbocycles. The van der Waals surface area contributed by atoms with Crippen molar-refractivity contribution < 1.29 is 0 Å². The predicted octanol–water partition coefficient (Wildman–Crippen LogP) is 0.606. The van der Waals surface area contributed by atoms with Crippen molar-refractivity contribution in [1.82, 2.24) is 14.5 Å². The monoisotopic (exact) mass is 126 g/mol. The molecular formula is C6H12N3+. The van der Waals surface area contributed by atoms with Crippen LogP contribution in [0.5, 0.6) is 0 Å². The molecule has 0 saturated heterocycles. The Bertz CT molecular complexity index is 171. The minimum Gasteiger partial charge on any atom is -0.300 e. The minimum atomic E-state index is 0.792. The Labute approximate surface area is 54.9 Å². The summed E-state index contributed by atoms with van der Waals surface area (Å²) >= 11 is 0. The van der Waals surface area contributed by atoms with Gasteiger partial charge in [-0.3, -0.25) is 4.48 Å². The van der Waals surface area contributed by atoms with Gasteiger partial charge in [-0.25, -0.2) is 4.98 Å². The third-order valence-electron chi connectivity index (χ3n) is 1.21. The average Bonchev–Trinajstić information content (AvgIpc) is 2.08. The lowest BCUT2D eigenvalue weighted by atomic mass is 10.6. The molecule has 0 amide bonds. The SMILES string of the molecule is C[N+](C)(C)c1cnc[nH]1. The summed E-state index contributed by atoms with van der Waals surface area (Å²) in [7, 11) is 6.27. The maximum Gasteiger partial charge on any atom is 0.224 e. The topological polar surface area (TPSA) is 28.7 Å². The largest absolute Gasteiger partial charge is 0.300 e. The average molecular weight is 126 g/mol. The van der Waals surface area contributed by atoms with Gasteiger partial charge in [0.05, 0.1) is 27.5 Å². The van der Waals surface area contributed by atoms with Crippen molar-refractivity contribution in [1.29, 1.82) is 0 Å². The number of H-pyrrole nitrogens is 1. The highest BCUT2D eigenvalue weighted by Gasteiger charge is 2.11. The van der Waals surface area contributed by atoms with Crippen molar-refractivity contribution in [2.75, 3.05) is 21.1 Å². The highest BCUT2D eigenvalue weighted by atomic mass is 15.3. The molecule has 0 unspecified atom stereocenters. The number of aromatic nitrogens is 2. The van der Waals surface area contributed by atoms with Crippen LogP contribution in [0, 0.1) is 0 Å². The van der Waals surface area contributed by atoms with Crippen LogP contribution < -0.4 is 4.48 Å². The van der Waals surface area contributed by atoms with Gasteiger partial charge in [0.2, 0.25) is 5.82 Å². The van der Waals surface area contributed by atoms with E-state index in [1.165, 1.54) is 0 Å². The van der Waals surface area contributed by atoms with Crippen LogP contribution in [0.2, 0.25) is 0 Å². The van der Waals surface area contributed by atoms with E-state index in [4.69, 9.17) is 0 Å². The highest BCUT2D eigenvalue weighted by Crippen LogP contribution is 2.08. The zero-order chi connectivity index (χ0) is 6.91. The number of quaternary nitrogens is 1. The molecule has 9 heavy (non-hydrogen) atoms. The van der Waals surface area contributed by atoms with E-state index in [0.29, 0.717) is 0 Å². The molecule has 0 aliphatic heterocycles. The summed E-state index contributed by atoms with van der Waals surface area (Å²) in [5.74, 6) is 1.12. The van der Waals surface area contributed by atoms with Crippen molar-refractivity contribution in [2.45, 2.75) is 0 Å². The molecule has 1 aromatic rings. The summed E-state index contributed by atoms with van der Waals surface area (Å²) in [5.41, 5.74) is 0. The van der Waals surface area contributed by atoms with E-state index < -0.39 is 0 Å². The summed E-state index contributed by atoms with van der Waals surface area (Å²) in [6, 6.07) is 0. The second-order valence-corrected chi connectivity index (χ2v) is 2.95. The van der Waals surface area contributed by atoms with Crippen LogP contribution in [-0.4, -0.2) is 31.1 Å². The quantitative estimate of drug-likeness (QED) is 0.549. The molecule has 3 heteroatoms. The maximum absolute atomic E-state index is 3.92. The van der Waals surface area contributed by atoms with Crippen molar-refractivity contribution in [2.24, 2.45) is 0 Å². The van der Waals surface area contributed by atoms with E-state index in [0.717, 1.165) is 10.3 Å². The van der Waals surface area contributed by atoms with Gasteiger partial charge in [-0.2, -0.15) is 0 Å².